The van der Waals surface area contributed by atoms with Crippen LogP contribution in [0.3, 0.4) is 0 Å². The van der Waals surface area contributed by atoms with Crippen LogP contribution in [0.4, 0.5) is 5.69 Å². The lowest BCUT2D eigenvalue weighted by Gasteiger charge is -2.09. The Morgan fingerprint density at radius 1 is 1.47 bits per heavy atom. The Balaban J connectivity index is 2.96. The molecule has 0 amide bonds. The van der Waals surface area contributed by atoms with Gasteiger partial charge in [0.05, 0.1) is 24.0 Å². The van der Waals surface area contributed by atoms with E-state index in [0.29, 0.717) is 24.3 Å². The minimum atomic E-state index is -0.425. The molecule has 1 atom stereocenters. The van der Waals surface area contributed by atoms with Crippen LogP contribution in [0.5, 0.6) is 5.75 Å². The molecule has 0 fully saturated rings. The summed E-state index contributed by atoms with van der Waals surface area (Å²) in [6.45, 7) is 0.343. The molecule has 0 N–H and O–H groups in total. The van der Waals surface area contributed by atoms with Gasteiger partial charge in [-0.15, -0.1) is 11.6 Å². The fourth-order valence-electron chi connectivity index (χ4n) is 1.51. The highest BCUT2D eigenvalue weighted by Crippen LogP contribution is 2.26. The molecule has 1 rings (SSSR count). The third kappa shape index (κ3) is 3.87. The maximum absolute atomic E-state index is 10.9. The predicted octanol–water partition coefficient (Wildman–Crippen LogP) is 2.40. The van der Waals surface area contributed by atoms with Crippen LogP contribution < -0.4 is 4.74 Å². The number of rotatable bonds is 6. The number of nitrogens with zero attached hydrogens (tertiary/aromatic N) is 1. The van der Waals surface area contributed by atoms with Crippen LogP contribution in [0.15, 0.2) is 18.2 Å². The molecule has 0 aliphatic carbocycles. The lowest BCUT2D eigenvalue weighted by atomic mass is 10.1. The van der Waals surface area contributed by atoms with Crippen LogP contribution in [-0.4, -0.2) is 31.1 Å². The van der Waals surface area contributed by atoms with E-state index in [0.717, 1.165) is 0 Å². The van der Waals surface area contributed by atoms with Crippen LogP contribution in [0.2, 0.25) is 0 Å². The first kappa shape index (κ1) is 13.7. The lowest BCUT2D eigenvalue weighted by molar-refractivity contribution is -0.385. The van der Waals surface area contributed by atoms with E-state index in [2.05, 4.69) is 0 Å². The summed E-state index contributed by atoms with van der Waals surface area (Å²) in [5.41, 5.74) is 0.596. The van der Waals surface area contributed by atoms with Crippen molar-refractivity contribution in [3.63, 3.8) is 0 Å². The number of ether oxygens (including phenoxy) is 2. The Hall–Kier alpha value is -1.33. The zero-order valence-corrected chi connectivity index (χ0v) is 10.4. The Labute approximate surface area is 104 Å². The Kier molecular flexibility index (Phi) is 5.18. The average molecular weight is 260 g/mol. The normalized spacial score (nSPS) is 12.2. The maximum Gasteiger partial charge on any atom is 0.272 e. The Bertz CT molecular complexity index is 397. The molecule has 1 aromatic carbocycles. The molecule has 1 aromatic rings. The van der Waals surface area contributed by atoms with Crippen molar-refractivity contribution in [2.24, 2.45) is 0 Å². The van der Waals surface area contributed by atoms with Crippen molar-refractivity contribution in [2.75, 3.05) is 20.8 Å². The van der Waals surface area contributed by atoms with Crippen molar-refractivity contribution in [3.8, 4) is 5.75 Å². The van der Waals surface area contributed by atoms with Crippen LogP contribution in [0.1, 0.15) is 5.56 Å². The van der Waals surface area contributed by atoms with Crippen molar-refractivity contribution >= 4 is 17.3 Å². The molecule has 0 radical (unpaired) electrons. The first-order valence-corrected chi connectivity index (χ1v) is 5.46. The fraction of sp³-hybridized carbons (Fsp3) is 0.455. The van der Waals surface area contributed by atoms with Crippen molar-refractivity contribution < 1.29 is 14.4 Å². The molecule has 0 aliphatic heterocycles. The number of hydrogen-bond acceptors (Lipinski definition) is 4. The van der Waals surface area contributed by atoms with Crippen molar-refractivity contribution in [1.82, 2.24) is 0 Å². The van der Waals surface area contributed by atoms with Gasteiger partial charge in [-0.3, -0.25) is 10.1 Å². The second-order valence-electron chi connectivity index (χ2n) is 3.51. The fourth-order valence-corrected chi connectivity index (χ4v) is 1.80. The second-order valence-corrected chi connectivity index (χ2v) is 4.13. The zero-order chi connectivity index (χ0) is 12.8. The van der Waals surface area contributed by atoms with Crippen LogP contribution in [0.25, 0.3) is 0 Å². The lowest BCUT2D eigenvalue weighted by Crippen LogP contribution is -2.12. The van der Waals surface area contributed by atoms with Crippen LogP contribution in [0, 0.1) is 10.1 Å². The van der Waals surface area contributed by atoms with Gasteiger partial charge in [0.15, 0.2) is 0 Å². The molecule has 94 valence electrons. The summed E-state index contributed by atoms with van der Waals surface area (Å²) < 4.78 is 9.93. The molecule has 17 heavy (non-hydrogen) atoms. The van der Waals surface area contributed by atoms with Gasteiger partial charge in [-0.1, -0.05) is 0 Å². The van der Waals surface area contributed by atoms with E-state index in [1.165, 1.54) is 20.3 Å². The highest BCUT2D eigenvalue weighted by atomic mass is 35.5. The first-order chi connectivity index (χ1) is 8.08. The highest BCUT2D eigenvalue weighted by molar-refractivity contribution is 6.20. The van der Waals surface area contributed by atoms with Gasteiger partial charge in [-0.25, -0.2) is 0 Å². The van der Waals surface area contributed by atoms with Crippen LogP contribution >= 0.6 is 11.6 Å². The van der Waals surface area contributed by atoms with Crippen LogP contribution in [-0.2, 0) is 11.2 Å². The average Bonchev–Trinajstić information content (AvgIpc) is 2.28. The maximum atomic E-state index is 10.9. The van der Waals surface area contributed by atoms with E-state index < -0.39 is 4.92 Å². The van der Waals surface area contributed by atoms with Gasteiger partial charge in [-0.2, -0.15) is 0 Å². The minimum Gasteiger partial charge on any atom is -0.497 e. The molecule has 0 heterocycles. The number of nitro groups is 1. The Morgan fingerprint density at radius 2 is 2.18 bits per heavy atom. The molecule has 0 aliphatic rings. The number of alkyl halides is 1. The summed E-state index contributed by atoms with van der Waals surface area (Å²) in [5, 5.41) is 10.6. The number of hydrogen-bond donors (Lipinski definition) is 0. The third-order valence-electron chi connectivity index (χ3n) is 2.27. The molecule has 5 nitrogen and oxygen atoms in total. The standard InChI is InChI=1S/C11H14ClNO4/c1-16-7-9(12)5-8-6-10(17-2)3-4-11(8)13(14)15/h3-4,6,9H,5,7H2,1-2H3. The summed E-state index contributed by atoms with van der Waals surface area (Å²) in [6, 6.07) is 4.61. The predicted molar refractivity (Wildman–Crippen MR) is 64.9 cm³/mol. The molecule has 1 unspecified atom stereocenters. The van der Waals surface area contributed by atoms with Gasteiger partial charge in [-0.05, 0) is 18.6 Å². The van der Waals surface area contributed by atoms with E-state index in [4.69, 9.17) is 21.1 Å². The van der Waals surface area contributed by atoms with E-state index in [1.807, 2.05) is 0 Å². The van der Waals surface area contributed by atoms with Crippen molar-refractivity contribution in [1.29, 1.82) is 0 Å². The van der Waals surface area contributed by atoms with E-state index in [-0.39, 0.29) is 11.1 Å². The van der Waals surface area contributed by atoms with E-state index in [1.54, 1.807) is 12.1 Å². The monoisotopic (exact) mass is 259 g/mol. The number of halogens is 1. The highest BCUT2D eigenvalue weighted by Gasteiger charge is 2.17. The van der Waals surface area contributed by atoms with Gasteiger partial charge >= 0.3 is 0 Å². The minimum absolute atomic E-state index is 0.0487. The van der Waals surface area contributed by atoms with Gasteiger partial charge < -0.3 is 9.47 Å². The summed E-state index contributed by atoms with van der Waals surface area (Å²) >= 11 is 6.00. The SMILES string of the molecule is COCC(Cl)Cc1cc(OC)ccc1[N+](=O)[O-]. The summed E-state index contributed by atoms with van der Waals surface area (Å²) in [6.07, 6.45) is 0.364. The second kappa shape index (κ2) is 6.42. The zero-order valence-electron chi connectivity index (χ0n) is 9.68. The first-order valence-electron chi connectivity index (χ1n) is 5.02. The molecule has 0 saturated carbocycles. The summed E-state index contributed by atoms with van der Waals surface area (Å²) in [5.74, 6) is 0.576. The molecular formula is C11H14ClNO4. The molecule has 6 heteroatoms. The largest absolute Gasteiger partial charge is 0.497 e. The summed E-state index contributed by atoms with van der Waals surface area (Å²) in [4.78, 5) is 10.4. The molecular weight excluding hydrogens is 246 g/mol. The van der Waals surface area contributed by atoms with Gasteiger partial charge in [0.2, 0.25) is 0 Å². The van der Waals surface area contributed by atoms with Gasteiger partial charge in [0, 0.05) is 18.7 Å². The van der Waals surface area contributed by atoms with E-state index in [9.17, 15) is 10.1 Å². The third-order valence-corrected chi connectivity index (χ3v) is 2.55. The molecule has 0 saturated heterocycles. The smallest absolute Gasteiger partial charge is 0.272 e. The van der Waals surface area contributed by atoms with Gasteiger partial charge in [0.1, 0.15) is 5.75 Å². The van der Waals surface area contributed by atoms with Crippen molar-refractivity contribution in [3.05, 3.63) is 33.9 Å². The Morgan fingerprint density at radius 3 is 2.71 bits per heavy atom. The molecule has 0 spiro atoms. The number of methoxy groups -OCH3 is 2. The quantitative estimate of drug-likeness (QED) is 0.447. The molecule has 0 aromatic heterocycles. The topological polar surface area (TPSA) is 61.6 Å². The van der Waals surface area contributed by atoms with Gasteiger partial charge in [0.25, 0.3) is 5.69 Å². The molecule has 0 bridgehead atoms. The number of benzene rings is 1. The van der Waals surface area contributed by atoms with Crippen molar-refractivity contribution in [2.45, 2.75) is 11.8 Å². The summed E-state index contributed by atoms with van der Waals surface area (Å²) in [7, 11) is 3.05. The number of nitro benzene ring substituents is 1. The van der Waals surface area contributed by atoms with E-state index >= 15 is 0 Å².